The van der Waals surface area contributed by atoms with Gasteiger partial charge in [0.25, 0.3) is 5.91 Å². The SMILES string of the molecule is CCOc1cc(/C=C(/C#N)c2nc3ccccc3[nH]2)ccc1OCC(=O)N1CCCC1. The largest absolute Gasteiger partial charge is 0.490 e. The van der Waals surface area contributed by atoms with Crippen molar-refractivity contribution in [1.82, 2.24) is 14.9 Å². The lowest BCUT2D eigenvalue weighted by Crippen LogP contribution is -2.32. The summed E-state index contributed by atoms with van der Waals surface area (Å²) < 4.78 is 11.5. The van der Waals surface area contributed by atoms with Crippen molar-refractivity contribution in [3.8, 4) is 17.6 Å². The molecule has 2 heterocycles. The number of benzene rings is 2. The molecule has 3 aromatic rings. The summed E-state index contributed by atoms with van der Waals surface area (Å²) in [7, 11) is 0. The van der Waals surface area contributed by atoms with Gasteiger partial charge in [0, 0.05) is 13.1 Å². The quantitative estimate of drug-likeness (QED) is 0.587. The molecule has 7 nitrogen and oxygen atoms in total. The molecule has 1 aliphatic rings. The van der Waals surface area contributed by atoms with Crippen LogP contribution in [-0.2, 0) is 4.79 Å². The van der Waals surface area contributed by atoms with Gasteiger partial charge in [-0.15, -0.1) is 0 Å². The number of carbonyl (C=O) groups is 1. The minimum atomic E-state index is -0.0162. The highest BCUT2D eigenvalue weighted by Gasteiger charge is 2.19. The molecule has 0 radical (unpaired) electrons. The molecule has 1 aliphatic heterocycles. The van der Waals surface area contributed by atoms with E-state index in [1.54, 1.807) is 18.2 Å². The van der Waals surface area contributed by atoms with E-state index >= 15 is 0 Å². The number of nitrogens with one attached hydrogen (secondary N) is 1. The van der Waals surface area contributed by atoms with Gasteiger partial charge >= 0.3 is 0 Å². The number of H-pyrrole nitrogens is 1. The van der Waals surface area contributed by atoms with Gasteiger partial charge in [0.2, 0.25) is 0 Å². The average Bonchev–Trinajstić information content (AvgIpc) is 3.47. The second kappa shape index (κ2) is 9.35. The molecule has 4 rings (SSSR count). The third-order valence-corrected chi connectivity index (χ3v) is 5.15. The van der Waals surface area contributed by atoms with E-state index in [4.69, 9.17) is 9.47 Å². The first-order valence-electron chi connectivity index (χ1n) is 10.4. The molecule has 0 saturated carbocycles. The van der Waals surface area contributed by atoms with Gasteiger partial charge in [0.1, 0.15) is 11.9 Å². The van der Waals surface area contributed by atoms with Crippen molar-refractivity contribution in [2.24, 2.45) is 0 Å². The molecule has 1 aromatic heterocycles. The number of carbonyl (C=O) groups excluding carboxylic acids is 1. The van der Waals surface area contributed by atoms with Crippen LogP contribution in [0.1, 0.15) is 31.2 Å². The van der Waals surface area contributed by atoms with Crippen molar-refractivity contribution >= 4 is 28.6 Å². The molecule has 1 saturated heterocycles. The summed E-state index contributed by atoms with van der Waals surface area (Å²) >= 11 is 0. The van der Waals surface area contributed by atoms with Gasteiger partial charge in [-0.1, -0.05) is 18.2 Å². The van der Waals surface area contributed by atoms with Crippen LogP contribution in [0.15, 0.2) is 42.5 Å². The van der Waals surface area contributed by atoms with Gasteiger partial charge in [-0.2, -0.15) is 5.26 Å². The smallest absolute Gasteiger partial charge is 0.260 e. The zero-order chi connectivity index (χ0) is 21.6. The van der Waals surface area contributed by atoms with Crippen LogP contribution in [0.3, 0.4) is 0 Å². The number of nitrogens with zero attached hydrogens (tertiary/aromatic N) is 3. The number of hydrogen-bond acceptors (Lipinski definition) is 5. The highest BCUT2D eigenvalue weighted by atomic mass is 16.5. The Bertz CT molecular complexity index is 1120. The van der Waals surface area contributed by atoms with Gasteiger partial charge in [-0.25, -0.2) is 4.98 Å². The van der Waals surface area contributed by atoms with E-state index < -0.39 is 0 Å². The number of ether oxygens (including phenoxy) is 2. The number of para-hydroxylation sites is 2. The number of allylic oxidation sites excluding steroid dienone is 1. The average molecular weight is 416 g/mol. The molecule has 0 bridgehead atoms. The number of nitriles is 1. The summed E-state index contributed by atoms with van der Waals surface area (Å²) in [5.74, 6) is 1.54. The van der Waals surface area contributed by atoms with E-state index in [9.17, 15) is 10.1 Å². The minimum Gasteiger partial charge on any atom is -0.490 e. The molecule has 1 N–H and O–H groups in total. The number of aromatic amines is 1. The normalized spacial score (nSPS) is 13.9. The van der Waals surface area contributed by atoms with Crippen LogP contribution in [0.2, 0.25) is 0 Å². The second-order valence-corrected chi connectivity index (χ2v) is 7.29. The number of imidazole rings is 1. The topological polar surface area (TPSA) is 91.2 Å². The van der Waals surface area contributed by atoms with Crippen molar-refractivity contribution in [3.05, 3.63) is 53.9 Å². The van der Waals surface area contributed by atoms with Crippen LogP contribution < -0.4 is 9.47 Å². The van der Waals surface area contributed by atoms with Gasteiger partial charge < -0.3 is 19.4 Å². The Hall–Kier alpha value is -3.79. The third kappa shape index (κ3) is 4.69. The first-order valence-corrected chi connectivity index (χ1v) is 10.4. The summed E-state index contributed by atoms with van der Waals surface area (Å²) in [6.45, 7) is 3.92. The summed E-state index contributed by atoms with van der Waals surface area (Å²) in [5, 5.41) is 9.67. The number of aromatic nitrogens is 2. The van der Waals surface area contributed by atoms with E-state index in [-0.39, 0.29) is 12.5 Å². The minimum absolute atomic E-state index is 0.0134. The number of amides is 1. The fourth-order valence-corrected chi connectivity index (χ4v) is 3.60. The summed E-state index contributed by atoms with van der Waals surface area (Å²) in [5.41, 5.74) is 2.87. The molecule has 1 amide bonds. The van der Waals surface area contributed by atoms with Crippen molar-refractivity contribution in [2.45, 2.75) is 19.8 Å². The highest BCUT2D eigenvalue weighted by Crippen LogP contribution is 2.30. The standard InChI is InChI=1S/C24H24N4O3/c1-2-30-22-14-17(9-10-21(22)31-16-23(29)28-11-5-6-12-28)13-18(15-25)24-26-19-7-3-4-8-20(19)27-24/h3-4,7-10,13-14H,2,5-6,11-12,16H2,1H3,(H,26,27)/b18-13-. The Balaban J connectivity index is 1.55. The van der Waals surface area contributed by atoms with E-state index in [0.717, 1.165) is 42.5 Å². The number of hydrogen-bond donors (Lipinski definition) is 1. The lowest BCUT2D eigenvalue weighted by atomic mass is 10.1. The maximum absolute atomic E-state index is 12.3. The molecule has 2 aromatic carbocycles. The van der Waals surface area contributed by atoms with Gasteiger partial charge in [-0.3, -0.25) is 4.79 Å². The Kier molecular flexibility index (Phi) is 6.18. The van der Waals surface area contributed by atoms with Crippen LogP contribution in [0.5, 0.6) is 11.5 Å². The maximum atomic E-state index is 12.3. The molecule has 0 aliphatic carbocycles. The highest BCUT2D eigenvalue weighted by molar-refractivity contribution is 5.90. The molecule has 31 heavy (non-hydrogen) atoms. The van der Waals surface area contributed by atoms with Crippen molar-refractivity contribution in [3.63, 3.8) is 0 Å². The monoisotopic (exact) mass is 416 g/mol. The fourth-order valence-electron chi connectivity index (χ4n) is 3.60. The van der Waals surface area contributed by atoms with Crippen LogP contribution in [0.4, 0.5) is 0 Å². The molecule has 7 heteroatoms. The number of rotatable bonds is 7. The van der Waals surface area contributed by atoms with Gasteiger partial charge in [0.15, 0.2) is 18.1 Å². The van der Waals surface area contributed by atoms with E-state index in [2.05, 4.69) is 16.0 Å². The summed E-state index contributed by atoms with van der Waals surface area (Å²) in [6, 6.07) is 15.3. The Morgan fingerprint density at radius 3 is 2.74 bits per heavy atom. The van der Waals surface area contributed by atoms with Crippen LogP contribution in [0, 0.1) is 11.3 Å². The third-order valence-electron chi connectivity index (χ3n) is 5.15. The molecule has 1 fully saturated rings. The summed E-state index contributed by atoms with van der Waals surface area (Å²) in [4.78, 5) is 21.8. The van der Waals surface area contributed by atoms with E-state index in [0.29, 0.717) is 29.5 Å². The van der Waals surface area contributed by atoms with E-state index in [1.165, 1.54) is 0 Å². The molecular formula is C24H24N4O3. The number of fused-ring (bicyclic) bond motifs is 1. The van der Waals surface area contributed by atoms with Crippen molar-refractivity contribution in [1.29, 1.82) is 5.26 Å². The lowest BCUT2D eigenvalue weighted by molar-refractivity contribution is -0.132. The molecule has 158 valence electrons. The number of likely N-dealkylation sites (tertiary alicyclic amines) is 1. The fraction of sp³-hybridized carbons (Fsp3) is 0.292. The van der Waals surface area contributed by atoms with Gasteiger partial charge in [0.05, 0.1) is 23.2 Å². The lowest BCUT2D eigenvalue weighted by Gasteiger charge is -2.17. The van der Waals surface area contributed by atoms with Crippen molar-refractivity contribution in [2.75, 3.05) is 26.3 Å². The first kappa shape index (κ1) is 20.5. The predicted octanol–water partition coefficient (Wildman–Crippen LogP) is 4.03. The first-order chi connectivity index (χ1) is 15.2. The van der Waals surface area contributed by atoms with Crippen LogP contribution in [-0.4, -0.2) is 47.1 Å². The van der Waals surface area contributed by atoms with Crippen LogP contribution in [0.25, 0.3) is 22.7 Å². The maximum Gasteiger partial charge on any atom is 0.260 e. The zero-order valence-corrected chi connectivity index (χ0v) is 17.4. The predicted molar refractivity (Wildman–Crippen MR) is 118 cm³/mol. The van der Waals surface area contributed by atoms with Crippen molar-refractivity contribution < 1.29 is 14.3 Å². The molecular weight excluding hydrogens is 392 g/mol. The second-order valence-electron chi connectivity index (χ2n) is 7.29. The molecule has 0 atom stereocenters. The summed E-state index contributed by atoms with van der Waals surface area (Å²) in [6.07, 6.45) is 3.84. The zero-order valence-electron chi connectivity index (χ0n) is 17.4. The van der Waals surface area contributed by atoms with Crippen LogP contribution >= 0.6 is 0 Å². The molecule has 0 unspecified atom stereocenters. The molecule has 0 spiro atoms. The Labute approximate surface area is 180 Å². The van der Waals surface area contributed by atoms with E-state index in [1.807, 2.05) is 42.2 Å². The Morgan fingerprint density at radius 2 is 2.00 bits per heavy atom. The van der Waals surface area contributed by atoms with Gasteiger partial charge in [-0.05, 0) is 55.7 Å². The Morgan fingerprint density at radius 1 is 1.19 bits per heavy atom.